The molecule has 0 N–H and O–H groups in total. The van der Waals surface area contributed by atoms with Crippen LogP contribution in [0.25, 0.3) is 6.08 Å². The van der Waals surface area contributed by atoms with Crippen LogP contribution >= 0.6 is 43.5 Å². The number of carbonyl (C=O) groups excluding carboxylic acids is 1. The van der Waals surface area contributed by atoms with Crippen LogP contribution in [-0.4, -0.2) is 22.9 Å². The number of halogens is 3. The average Bonchev–Trinajstić information content (AvgIpc) is 2.98. The third-order valence-corrected chi connectivity index (χ3v) is 5.18. The van der Waals surface area contributed by atoms with Gasteiger partial charge in [0.25, 0.3) is 5.69 Å². The molecule has 2 aromatic carbocycles. The number of hydrogen-bond donors (Lipinski definition) is 0. The fourth-order valence-corrected chi connectivity index (χ4v) is 4.15. The van der Waals surface area contributed by atoms with Crippen molar-refractivity contribution in [1.29, 1.82) is 0 Å². The lowest BCUT2D eigenvalue weighted by Crippen LogP contribution is -2.07. The number of nitro benzene ring substituents is 1. The predicted molar refractivity (Wildman–Crippen MR) is 116 cm³/mol. The zero-order valence-corrected chi connectivity index (χ0v) is 19.0. The van der Waals surface area contributed by atoms with Gasteiger partial charge in [0.1, 0.15) is 5.75 Å². The number of rotatable bonds is 5. The lowest BCUT2D eigenvalue weighted by Gasteiger charge is -2.14. The first-order chi connectivity index (χ1) is 13.7. The van der Waals surface area contributed by atoms with Gasteiger partial charge in [0.2, 0.25) is 5.90 Å². The molecule has 0 unspecified atom stereocenters. The average molecular weight is 545 g/mol. The molecule has 0 radical (unpaired) electrons. The summed E-state index contributed by atoms with van der Waals surface area (Å²) in [5, 5.41) is 10.9. The van der Waals surface area contributed by atoms with Gasteiger partial charge in [0.15, 0.2) is 5.70 Å². The molecule has 29 heavy (non-hydrogen) atoms. The highest BCUT2D eigenvalue weighted by Gasteiger charge is 2.26. The zero-order valence-electron chi connectivity index (χ0n) is 15.1. The van der Waals surface area contributed by atoms with E-state index in [1.807, 2.05) is 13.8 Å². The molecule has 7 nitrogen and oxygen atoms in total. The van der Waals surface area contributed by atoms with Crippen LogP contribution in [0.15, 0.2) is 50.0 Å². The molecule has 0 saturated heterocycles. The molecular formula is C19H13Br2ClN2O5. The first-order valence-electron chi connectivity index (χ1n) is 8.28. The molecule has 150 valence electrons. The number of nitro groups is 1. The number of esters is 1. The van der Waals surface area contributed by atoms with E-state index in [9.17, 15) is 14.9 Å². The van der Waals surface area contributed by atoms with E-state index in [2.05, 4.69) is 36.9 Å². The van der Waals surface area contributed by atoms with E-state index in [1.165, 1.54) is 18.2 Å². The molecule has 2 aromatic rings. The van der Waals surface area contributed by atoms with Crippen molar-refractivity contribution in [3.05, 3.63) is 71.2 Å². The molecule has 0 fully saturated rings. The Kier molecular flexibility index (Phi) is 6.40. The van der Waals surface area contributed by atoms with E-state index >= 15 is 0 Å². The number of aliphatic imine (C=N–C) groups is 1. The normalized spacial score (nSPS) is 14.9. The van der Waals surface area contributed by atoms with Crippen LogP contribution in [0.3, 0.4) is 0 Å². The van der Waals surface area contributed by atoms with Crippen LogP contribution in [0.1, 0.15) is 25.0 Å². The number of non-ortho nitro benzene ring substituents is 1. The Morgan fingerprint density at radius 3 is 2.45 bits per heavy atom. The molecule has 0 saturated carbocycles. The summed E-state index contributed by atoms with van der Waals surface area (Å²) in [6.45, 7) is 3.84. The van der Waals surface area contributed by atoms with Gasteiger partial charge in [-0.2, -0.15) is 0 Å². The van der Waals surface area contributed by atoms with Crippen molar-refractivity contribution >= 4 is 67.1 Å². The quantitative estimate of drug-likeness (QED) is 0.202. The van der Waals surface area contributed by atoms with Crippen LogP contribution in [0, 0.1) is 10.1 Å². The second-order valence-corrected chi connectivity index (χ2v) is 8.35. The highest BCUT2D eigenvalue weighted by Crippen LogP contribution is 2.36. The molecule has 0 atom stereocenters. The smallest absolute Gasteiger partial charge is 0.363 e. The third kappa shape index (κ3) is 4.85. The lowest BCUT2D eigenvalue weighted by atomic mass is 10.2. The minimum atomic E-state index is -0.649. The van der Waals surface area contributed by atoms with Gasteiger partial charge in [-0.05, 0) is 75.5 Å². The molecule has 3 rings (SSSR count). The van der Waals surface area contributed by atoms with Crippen molar-refractivity contribution in [2.24, 2.45) is 4.99 Å². The van der Waals surface area contributed by atoms with Crippen molar-refractivity contribution < 1.29 is 19.2 Å². The van der Waals surface area contributed by atoms with E-state index in [1.54, 1.807) is 18.2 Å². The van der Waals surface area contributed by atoms with Crippen LogP contribution in [-0.2, 0) is 9.53 Å². The molecule has 0 aromatic heterocycles. The van der Waals surface area contributed by atoms with Gasteiger partial charge in [0.05, 0.1) is 30.6 Å². The van der Waals surface area contributed by atoms with Gasteiger partial charge in [-0.25, -0.2) is 9.79 Å². The lowest BCUT2D eigenvalue weighted by molar-refractivity contribution is -0.384. The third-order valence-electron chi connectivity index (χ3n) is 3.69. The van der Waals surface area contributed by atoms with Gasteiger partial charge in [-0.1, -0.05) is 11.6 Å². The summed E-state index contributed by atoms with van der Waals surface area (Å²) in [4.78, 5) is 26.7. The Bertz CT molecular complexity index is 1060. The molecule has 0 spiro atoms. The van der Waals surface area contributed by atoms with Crippen molar-refractivity contribution in [3.8, 4) is 5.75 Å². The zero-order chi connectivity index (χ0) is 21.3. The fraction of sp³-hybridized carbons (Fsp3) is 0.158. The van der Waals surface area contributed by atoms with Crippen LogP contribution in [0.2, 0.25) is 5.02 Å². The van der Waals surface area contributed by atoms with Crippen LogP contribution < -0.4 is 4.74 Å². The number of ether oxygens (including phenoxy) is 2. The van der Waals surface area contributed by atoms with E-state index in [0.717, 1.165) is 0 Å². The maximum absolute atomic E-state index is 12.2. The highest BCUT2D eigenvalue weighted by molar-refractivity contribution is 9.11. The highest BCUT2D eigenvalue weighted by atomic mass is 79.9. The molecule has 0 amide bonds. The summed E-state index contributed by atoms with van der Waals surface area (Å²) in [6, 6.07) is 7.41. The largest absolute Gasteiger partial charge is 0.489 e. The summed E-state index contributed by atoms with van der Waals surface area (Å²) in [5.74, 6) is -0.0128. The van der Waals surface area contributed by atoms with E-state index in [-0.39, 0.29) is 34.0 Å². The summed E-state index contributed by atoms with van der Waals surface area (Å²) >= 11 is 13.0. The molecular weight excluding hydrogens is 531 g/mol. The van der Waals surface area contributed by atoms with Crippen LogP contribution in [0.4, 0.5) is 5.69 Å². The summed E-state index contributed by atoms with van der Waals surface area (Å²) in [5.41, 5.74) is 0.882. The van der Waals surface area contributed by atoms with Crippen molar-refractivity contribution in [2.75, 3.05) is 0 Å². The second kappa shape index (κ2) is 8.64. The van der Waals surface area contributed by atoms with Crippen molar-refractivity contribution in [2.45, 2.75) is 20.0 Å². The number of nitrogens with zero attached hydrogens (tertiary/aromatic N) is 2. The Labute approximate surface area is 187 Å². The molecule has 1 aliphatic rings. The van der Waals surface area contributed by atoms with Gasteiger partial charge < -0.3 is 9.47 Å². The van der Waals surface area contributed by atoms with Gasteiger partial charge in [0, 0.05) is 12.1 Å². The second-order valence-electron chi connectivity index (χ2n) is 6.24. The fourth-order valence-electron chi connectivity index (χ4n) is 2.48. The van der Waals surface area contributed by atoms with Gasteiger partial charge in [-0.3, -0.25) is 10.1 Å². The summed E-state index contributed by atoms with van der Waals surface area (Å²) in [7, 11) is 0. The molecule has 10 heteroatoms. The van der Waals surface area contributed by atoms with E-state index < -0.39 is 10.9 Å². The molecule has 0 aliphatic carbocycles. The van der Waals surface area contributed by atoms with E-state index in [0.29, 0.717) is 20.3 Å². The van der Waals surface area contributed by atoms with E-state index in [4.69, 9.17) is 21.1 Å². The summed E-state index contributed by atoms with van der Waals surface area (Å²) in [6.07, 6.45) is 1.55. The Morgan fingerprint density at radius 1 is 1.24 bits per heavy atom. The molecule has 1 aliphatic heterocycles. The van der Waals surface area contributed by atoms with Crippen LogP contribution in [0.5, 0.6) is 5.75 Å². The monoisotopic (exact) mass is 542 g/mol. The Hall–Kier alpha value is -2.23. The summed E-state index contributed by atoms with van der Waals surface area (Å²) < 4.78 is 12.4. The Morgan fingerprint density at radius 2 is 1.90 bits per heavy atom. The first kappa shape index (κ1) is 21.5. The Balaban J connectivity index is 1.94. The van der Waals surface area contributed by atoms with Gasteiger partial charge >= 0.3 is 5.97 Å². The first-order valence-corrected chi connectivity index (χ1v) is 10.2. The number of benzene rings is 2. The number of cyclic esters (lactones) is 1. The van der Waals surface area contributed by atoms with Crippen molar-refractivity contribution in [1.82, 2.24) is 0 Å². The van der Waals surface area contributed by atoms with Crippen molar-refractivity contribution in [3.63, 3.8) is 0 Å². The van der Waals surface area contributed by atoms with Gasteiger partial charge in [-0.15, -0.1) is 0 Å². The molecule has 0 bridgehead atoms. The standard InChI is InChI=1S/C19H13Br2ClN2O5/c1-9(2)28-17-13(20)5-10(6-14(17)21)7-16-19(25)29-18(23-16)12-4-3-11(24(26)27)8-15(12)22/h3-9H,1-2H3/b16-7-. The number of hydrogen-bond acceptors (Lipinski definition) is 6. The topological polar surface area (TPSA) is 91.0 Å². The SMILES string of the molecule is CC(C)Oc1c(Br)cc(/C=C2\N=C(c3ccc([N+](=O)[O-])cc3Cl)OC2=O)cc1Br. The predicted octanol–water partition coefficient (Wildman–Crippen LogP) is 5.90. The minimum absolute atomic E-state index is 0.00443. The minimum Gasteiger partial charge on any atom is -0.489 e. The maximum Gasteiger partial charge on any atom is 0.363 e. The maximum atomic E-state index is 12.2. The number of carbonyl (C=O) groups is 1. The molecule has 1 heterocycles.